The van der Waals surface area contributed by atoms with Crippen molar-refractivity contribution in [2.75, 3.05) is 17.8 Å². The molecule has 1 fully saturated rings. The number of aliphatic carboxylic acids is 1. The molecule has 1 aliphatic rings. The van der Waals surface area contributed by atoms with Gasteiger partial charge in [0.15, 0.2) is 0 Å². The zero-order valence-corrected chi connectivity index (χ0v) is 12.1. The Morgan fingerprint density at radius 2 is 2.10 bits per heavy atom. The Kier molecular flexibility index (Phi) is 4.29. The van der Waals surface area contributed by atoms with E-state index in [1.165, 1.54) is 4.31 Å². The number of carbonyl (C=O) groups is 1. The number of piperidine rings is 1. The molecule has 1 heterocycles. The fourth-order valence-corrected chi connectivity index (χ4v) is 3.63. The van der Waals surface area contributed by atoms with Crippen molar-refractivity contribution in [3.05, 3.63) is 29.8 Å². The first-order chi connectivity index (χ1) is 9.40. The van der Waals surface area contributed by atoms with E-state index < -0.39 is 22.1 Å². The molecule has 20 heavy (non-hydrogen) atoms. The second-order valence-electron chi connectivity index (χ2n) is 4.96. The van der Waals surface area contributed by atoms with E-state index in [1.54, 1.807) is 12.1 Å². The second kappa shape index (κ2) is 5.80. The third-order valence-electron chi connectivity index (χ3n) is 3.46. The zero-order chi connectivity index (χ0) is 14.8. The lowest BCUT2D eigenvalue weighted by Gasteiger charge is -2.30. The van der Waals surface area contributed by atoms with E-state index in [2.05, 4.69) is 4.72 Å². The van der Waals surface area contributed by atoms with Crippen molar-refractivity contribution in [1.82, 2.24) is 4.31 Å². The van der Waals surface area contributed by atoms with Crippen LogP contribution in [0, 0.1) is 12.8 Å². The Labute approximate surface area is 118 Å². The summed E-state index contributed by atoms with van der Waals surface area (Å²) in [6.07, 6.45) is 1.08. The number of aryl methyl sites for hydroxylation is 1. The van der Waals surface area contributed by atoms with Crippen molar-refractivity contribution >= 4 is 21.9 Å². The van der Waals surface area contributed by atoms with Gasteiger partial charge in [-0.3, -0.25) is 9.52 Å². The molecule has 0 saturated carbocycles. The van der Waals surface area contributed by atoms with Crippen LogP contribution in [0.25, 0.3) is 0 Å². The number of rotatable bonds is 4. The number of anilines is 1. The van der Waals surface area contributed by atoms with Crippen LogP contribution in [0.1, 0.15) is 18.4 Å². The molecule has 2 N–H and O–H groups in total. The van der Waals surface area contributed by atoms with Gasteiger partial charge in [0.1, 0.15) is 0 Å². The van der Waals surface area contributed by atoms with Crippen LogP contribution in [0.3, 0.4) is 0 Å². The molecule has 110 valence electrons. The van der Waals surface area contributed by atoms with Crippen molar-refractivity contribution in [2.24, 2.45) is 5.92 Å². The molecule has 1 atom stereocenters. The number of carboxylic acids is 1. The summed E-state index contributed by atoms with van der Waals surface area (Å²) in [6, 6.07) is 7.08. The van der Waals surface area contributed by atoms with Crippen molar-refractivity contribution in [1.29, 1.82) is 0 Å². The van der Waals surface area contributed by atoms with Crippen molar-refractivity contribution < 1.29 is 18.3 Å². The minimum absolute atomic E-state index is 0.0244. The lowest BCUT2D eigenvalue weighted by atomic mass is 10.0. The molecule has 0 radical (unpaired) electrons. The molecule has 0 spiro atoms. The van der Waals surface area contributed by atoms with E-state index in [4.69, 9.17) is 5.11 Å². The van der Waals surface area contributed by atoms with Crippen LogP contribution in [0.4, 0.5) is 5.69 Å². The third-order valence-corrected chi connectivity index (χ3v) is 4.95. The lowest BCUT2D eigenvalue weighted by Crippen LogP contribution is -2.44. The number of nitrogens with zero attached hydrogens (tertiary/aromatic N) is 1. The average Bonchev–Trinajstić information content (AvgIpc) is 2.41. The SMILES string of the molecule is Cc1ccccc1NS(=O)(=O)N1CCCC(C(=O)O)C1. The predicted octanol–water partition coefficient (Wildman–Crippen LogP) is 1.45. The van der Waals surface area contributed by atoms with E-state index in [0.717, 1.165) is 5.56 Å². The standard InChI is InChI=1S/C13H18N2O4S/c1-10-5-2-3-7-12(10)14-20(18,19)15-8-4-6-11(9-15)13(16)17/h2-3,5,7,11,14H,4,6,8-9H2,1H3,(H,16,17). The zero-order valence-electron chi connectivity index (χ0n) is 11.2. The molecule has 1 unspecified atom stereocenters. The molecule has 0 aromatic heterocycles. The molecular formula is C13H18N2O4S. The van der Waals surface area contributed by atoms with E-state index in [-0.39, 0.29) is 6.54 Å². The summed E-state index contributed by atoms with van der Waals surface area (Å²) in [6.45, 7) is 2.19. The van der Waals surface area contributed by atoms with Gasteiger partial charge in [0, 0.05) is 13.1 Å². The Morgan fingerprint density at radius 1 is 1.40 bits per heavy atom. The van der Waals surface area contributed by atoms with Crippen LogP contribution < -0.4 is 4.72 Å². The molecule has 1 aromatic carbocycles. The molecule has 2 rings (SSSR count). The molecule has 1 aromatic rings. The van der Waals surface area contributed by atoms with Crippen LogP contribution in [-0.2, 0) is 15.0 Å². The number of hydrogen-bond donors (Lipinski definition) is 2. The smallest absolute Gasteiger partial charge is 0.307 e. The maximum atomic E-state index is 12.3. The highest BCUT2D eigenvalue weighted by molar-refractivity contribution is 7.90. The van der Waals surface area contributed by atoms with E-state index in [0.29, 0.717) is 25.1 Å². The molecule has 1 aliphatic heterocycles. The fourth-order valence-electron chi connectivity index (χ4n) is 2.25. The molecule has 0 bridgehead atoms. The fraction of sp³-hybridized carbons (Fsp3) is 0.462. The van der Waals surface area contributed by atoms with Gasteiger partial charge in [-0.1, -0.05) is 18.2 Å². The number of para-hydroxylation sites is 1. The second-order valence-corrected chi connectivity index (χ2v) is 6.63. The van der Waals surface area contributed by atoms with Gasteiger partial charge in [0.05, 0.1) is 11.6 Å². The van der Waals surface area contributed by atoms with Gasteiger partial charge in [-0.25, -0.2) is 0 Å². The summed E-state index contributed by atoms with van der Waals surface area (Å²) >= 11 is 0. The van der Waals surface area contributed by atoms with Gasteiger partial charge < -0.3 is 5.11 Å². The van der Waals surface area contributed by atoms with E-state index in [9.17, 15) is 13.2 Å². The number of hydrogen-bond acceptors (Lipinski definition) is 3. The first-order valence-corrected chi connectivity index (χ1v) is 7.90. The quantitative estimate of drug-likeness (QED) is 0.880. The van der Waals surface area contributed by atoms with Crippen LogP contribution >= 0.6 is 0 Å². The summed E-state index contributed by atoms with van der Waals surface area (Å²) in [5.41, 5.74) is 1.34. The molecule has 6 nitrogen and oxygen atoms in total. The monoisotopic (exact) mass is 298 g/mol. The van der Waals surface area contributed by atoms with Gasteiger partial charge in [-0.05, 0) is 31.4 Å². The summed E-state index contributed by atoms with van der Waals surface area (Å²) in [5.74, 6) is -1.57. The van der Waals surface area contributed by atoms with Crippen LogP contribution in [-0.4, -0.2) is 36.9 Å². The Morgan fingerprint density at radius 3 is 2.75 bits per heavy atom. The van der Waals surface area contributed by atoms with Gasteiger partial charge in [-0.2, -0.15) is 12.7 Å². The van der Waals surface area contributed by atoms with Crippen molar-refractivity contribution in [3.8, 4) is 0 Å². The molecule has 7 heteroatoms. The number of nitrogens with one attached hydrogen (secondary N) is 1. The van der Waals surface area contributed by atoms with Crippen molar-refractivity contribution in [2.45, 2.75) is 19.8 Å². The molecule has 1 saturated heterocycles. The maximum absolute atomic E-state index is 12.3. The molecule has 0 amide bonds. The Hall–Kier alpha value is -1.60. The number of carboxylic acid groups (broad SMARTS) is 1. The minimum atomic E-state index is -3.71. The van der Waals surface area contributed by atoms with Gasteiger partial charge in [-0.15, -0.1) is 0 Å². The first-order valence-electron chi connectivity index (χ1n) is 6.46. The Bertz CT molecular complexity index is 600. The number of benzene rings is 1. The normalized spacial score (nSPS) is 20.6. The predicted molar refractivity (Wildman–Crippen MR) is 75.7 cm³/mol. The van der Waals surface area contributed by atoms with Crippen molar-refractivity contribution in [3.63, 3.8) is 0 Å². The largest absolute Gasteiger partial charge is 0.481 e. The van der Waals surface area contributed by atoms with E-state index in [1.807, 2.05) is 19.1 Å². The third kappa shape index (κ3) is 3.29. The summed E-state index contributed by atoms with van der Waals surface area (Å²) in [5, 5.41) is 9.01. The van der Waals surface area contributed by atoms with Crippen LogP contribution in [0.5, 0.6) is 0 Å². The van der Waals surface area contributed by atoms with E-state index >= 15 is 0 Å². The van der Waals surface area contributed by atoms with Gasteiger partial charge >= 0.3 is 16.2 Å². The Balaban J connectivity index is 2.14. The average molecular weight is 298 g/mol. The maximum Gasteiger partial charge on any atom is 0.307 e. The summed E-state index contributed by atoms with van der Waals surface area (Å²) in [7, 11) is -3.71. The molecular weight excluding hydrogens is 280 g/mol. The topological polar surface area (TPSA) is 86.7 Å². The first kappa shape index (κ1) is 14.8. The van der Waals surface area contributed by atoms with Gasteiger partial charge in [0.25, 0.3) is 0 Å². The van der Waals surface area contributed by atoms with Crippen LogP contribution in [0.15, 0.2) is 24.3 Å². The molecule has 0 aliphatic carbocycles. The highest BCUT2D eigenvalue weighted by Crippen LogP contribution is 2.22. The van der Waals surface area contributed by atoms with Crippen LogP contribution in [0.2, 0.25) is 0 Å². The lowest BCUT2D eigenvalue weighted by molar-refractivity contribution is -0.142. The minimum Gasteiger partial charge on any atom is -0.481 e. The highest BCUT2D eigenvalue weighted by Gasteiger charge is 2.32. The summed E-state index contributed by atoms with van der Waals surface area (Å²) in [4.78, 5) is 11.0. The summed E-state index contributed by atoms with van der Waals surface area (Å²) < 4.78 is 28.3. The highest BCUT2D eigenvalue weighted by atomic mass is 32.2. The van der Waals surface area contributed by atoms with Gasteiger partial charge in [0.2, 0.25) is 0 Å².